The zero-order valence-corrected chi connectivity index (χ0v) is 17.2. The molecule has 1 aliphatic carbocycles. The van der Waals surface area contributed by atoms with Crippen molar-refractivity contribution >= 4 is 22.6 Å². The van der Waals surface area contributed by atoms with Gasteiger partial charge < -0.3 is 25.0 Å². The number of carbonyl (C=O) groups is 1. The number of ether oxygens (including phenoxy) is 1. The third-order valence-electron chi connectivity index (χ3n) is 5.75. The first-order valence-corrected chi connectivity index (χ1v) is 10.2. The molecule has 0 atom stereocenters. The Morgan fingerprint density at radius 2 is 2.00 bits per heavy atom. The van der Waals surface area contributed by atoms with Crippen LogP contribution in [-0.2, 0) is 0 Å². The van der Waals surface area contributed by atoms with Crippen molar-refractivity contribution in [2.45, 2.75) is 38.1 Å². The minimum absolute atomic E-state index is 0.110. The molecule has 4 rings (SSSR count). The zero-order valence-electron chi connectivity index (χ0n) is 17.2. The predicted octanol–water partition coefficient (Wildman–Crippen LogP) is 3.85. The van der Waals surface area contributed by atoms with Crippen LogP contribution in [0.1, 0.15) is 42.1 Å². The van der Waals surface area contributed by atoms with Crippen LogP contribution in [-0.4, -0.2) is 41.6 Å². The van der Waals surface area contributed by atoms with Gasteiger partial charge in [0.1, 0.15) is 17.1 Å². The highest BCUT2D eigenvalue weighted by atomic mass is 19.4. The quantitative estimate of drug-likeness (QED) is 0.641. The van der Waals surface area contributed by atoms with E-state index in [-0.39, 0.29) is 30.2 Å². The van der Waals surface area contributed by atoms with Crippen molar-refractivity contribution in [3.63, 3.8) is 0 Å². The number of benzene rings is 1. The van der Waals surface area contributed by atoms with Crippen molar-refractivity contribution in [2.75, 3.05) is 24.5 Å². The van der Waals surface area contributed by atoms with Crippen molar-refractivity contribution in [1.82, 2.24) is 4.57 Å². The van der Waals surface area contributed by atoms with E-state index in [4.69, 9.17) is 5.73 Å². The lowest BCUT2D eigenvalue weighted by Crippen LogP contribution is -2.34. The van der Waals surface area contributed by atoms with Crippen LogP contribution in [0.2, 0.25) is 0 Å². The van der Waals surface area contributed by atoms with Crippen LogP contribution in [0.15, 0.2) is 28.5 Å². The van der Waals surface area contributed by atoms with Gasteiger partial charge >= 0.3 is 12.3 Å². The van der Waals surface area contributed by atoms with Gasteiger partial charge in [-0.05, 0) is 37.3 Å². The third kappa shape index (κ3) is 4.39. The van der Waals surface area contributed by atoms with Crippen molar-refractivity contribution in [3.05, 3.63) is 45.3 Å². The highest BCUT2D eigenvalue weighted by Gasteiger charge is 2.38. The molecule has 1 saturated heterocycles. The molecule has 0 unspecified atom stereocenters. The summed E-state index contributed by atoms with van der Waals surface area (Å²) in [6.07, 6.45) is -2.55. The molecule has 3 N–H and O–H groups in total. The molecule has 0 radical (unpaired) electrons. The first kappa shape index (κ1) is 23.0. The van der Waals surface area contributed by atoms with E-state index in [1.165, 1.54) is 9.47 Å². The summed E-state index contributed by atoms with van der Waals surface area (Å²) in [5.41, 5.74) is 2.84. The van der Waals surface area contributed by atoms with E-state index in [0.717, 1.165) is 12.3 Å². The molecule has 2 aromatic rings. The van der Waals surface area contributed by atoms with Gasteiger partial charge in [-0.2, -0.15) is 0 Å². The van der Waals surface area contributed by atoms with Crippen LogP contribution in [0.25, 0.3) is 10.9 Å². The number of fused-ring (bicyclic) bond motifs is 1. The summed E-state index contributed by atoms with van der Waals surface area (Å²) < 4.78 is 75.2. The Labute approximate surface area is 183 Å². The molecular formula is C21H20F5N3O4. The maximum Gasteiger partial charge on any atom is 0.573 e. The highest BCUT2D eigenvalue weighted by molar-refractivity contribution is 5.97. The summed E-state index contributed by atoms with van der Waals surface area (Å²) in [6, 6.07) is 0.352. The molecule has 0 bridgehead atoms. The minimum atomic E-state index is -5.23. The number of hydrogen-bond acceptors (Lipinski definition) is 5. The number of rotatable bonds is 5. The topological polar surface area (TPSA) is 97.8 Å². The summed E-state index contributed by atoms with van der Waals surface area (Å²) in [4.78, 5) is 25.5. The molecule has 0 spiro atoms. The Morgan fingerprint density at radius 1 is 1.30 bits per heavy atom. The van der Waals surface area contributed by atoms with Gasteiger partial charge in [-0.1, -0.05) is 0 Å². The van der Waals surface area contributed by atoms with E-state index in [9.17, 15) is 32.3 Å². The van der Waals surface area contributed by atoms with Crippen molar-refractivity contribution < 1.29 is 36.6 Å². The van der Waals surface area contributed by atoms with Gasteiger partial charge in [-0.15, -0.1) is 13.2 Å². The lowest BCUT2D eigenvalue weighted by atomic mass is 10.0. The fourth-order valence-electron chi connectivity index (χ4n) is 4.17. The lowest BCUT2D eigenvalue weighted by Gasteiger charge is -2.33. The van der Waals surface area contributed by atoms with E-state index >= 15 is 4.39 Å². The average Bonchev–Trinajstić information content (AvgIpc) is 3.58. The summed E-state index contributed by atoms with van der Waals surface area (Å²) in [6.45, 7) is -0.492. The molecule has 2 heterocycles. The maximum absolute atomic E-state index is 15.3. The summed E-state index contributed by atoms with van der Waals surface area (Å²) in [5.74, 6) is -4.37. The smallest absolute Gasteiger partial charge is 0.477 e. The number of alkyl halides is 3. The maximum atomic E-state index is 15.3. The molecule has 1 aliphatic heterocycles. The number of aromatic nitrogens is 1. The van der Waals surface area contributed by atoms with E-state index in [0.29, 0.717) is 25.7 Å². The Hall–Kier alpha value is -3.15. The Morgan fingerprint density at radius 3 is 2.58 bits per heavy atom. The van der Waals surface area contributed by atoms with E-state index in [1.807, 2.05) is 0 Å². The van der Waals surface area contributed by atoms with Crippen LogP contribution in [0.3, 0.4) is 0 Å². The summed E-state index contributed by atoms with van der Waals surface area (Å²) >= 11 is 0. The number of pyridine rings is 1. The standard InChI is InChI=1S/C21H20F5N3O4/c22-14-6-12-16(29(11-3-4-11)9-13(18(12)30)20(31)32)19(33-21(24,25)26)17(14)28-5-1-2-10(8-28)15(23)7-27/h6,9,11H,1-5,7-8,27H2,(H,31,32). The molecule has 178 valence electrons. The van der Waals surface area contributed by atoms with E-state index in [2.05, 4.69) is 4.74 Å². The van der Waals surface area contributed by atoms with Gasteiger partial charge in [0.2, 0.25) is 5.43 Å². The highest BCUT2D eigenvalue weighted by Crippen LogP contribution is 2.46. The molecule has 7 nitrogen and oxygen atoms in total. The molecule has 2 fully saturated rings. The lowest BCUT2D eigenvalue weighted by molar-refractivity contribution is -0.274. The van der Waals surface area contributed by atoms with E-state index < -0.39 is 58.3 Å². The van der Waals surface area contributed by atoms with Crippen LogP contribution in [0.4, 0.5) is 27.6 Å². The van der Waals surface area contributed by atoms with Gasteiger partial charge in [-0.25, -0.2) is 13.6 Å². The SMILES string of the molecule is NCC(F)=C1CCCN(c2c(F)cc3c(=O)c(C(=O)O)cn(C4CC4)c3c2OC(F)(F)F)C1. The van der Waals surface area contributed by atoms with Gasteiger partial charge in [-0.3, -0.25) is 4.79 Å². The monoisotopic (exact) mass is 473 g/mol. The van der Waals surface area contributed by atoms with Crippen LogP contribution in [0, 0.1) is 5.82 Å². The molecule has 2 aliphatic rings. The van der Waals surface area contributed by atoms with Crippen LogP contribution < -0.4 is 20.8 Å². The second-order valence-electron chi connectivity index (χ2n) is 8.03. The number of carboxylic acid groups (broad SMARTS) is 1. The van der Waals surface area contributed by atoms with Crippen molar-refractivity contribution in [2.24, 2.45) is 5.73 Å². The Balaban J connectivity index is 2.03. The number of nitrogens with two attached hydrogens (primary N) is 1. The second kappa shape index (κ2) is 8.32. The molecule has 1 aromatic heterocycles. The second-order valence-corrected chi connectivity index (χ2v) is 8.03. The molecule has 1 aromatic carbocycles. The number of piperidine rings is 1. The van der Waals surface area contributed by atoms with E-state index in [1.54, 1.807) is 0 Å². The van der Waals surface area contributed by atoms with Crippen LogP contribution >= 0.6 is 0 Å². The Kier molecular flexibility index (Phi) is 5.81. The number of aromatic carboxylic acids is 1. The average molecular weight is 473 g/mol. The predicted molar refractivity (Wildman–Crippen MR) is 109 cm³/mol. The largest absolute Gasteiger partial charge is 0.573 e. The molecule has 0 amide bonds. The van der Waals surface area contributed by atoms with Gasteiger partial charge in [0.15, 0.2) is 11.6 Å². The molecular weight excluding hydrogens is 453 g/mol. The summed E-state index contributed by atoms with van der Waals surface area (Å²) in [7, 11) is 0. The first-order chi connectivity index (χ1) is 15.5. The Bertz CT molecular complexity index is 1220. The fourth-order valence-corrected chi connectivity index (χ4v) is 4.17. The normalized spacial score (nSPS) is 18.5. The van der Waals surface area contributed by atoms with Gasteiger partial charge in [0.25, 0.3) is 0 Å². The van der Waals surface area contributed by atoms with Crippen molar-refractivity contribution in [1.29, 1.82) is 0 Å². The third-order valence-corrected chi connectivity index (χ3v) is 5.75. The number of nitrogens with zero attached hydrogens (tertiary/aromatic N) is 2. The van der Waals surface area contributed by atoms with Gasteiger partial charge in [0.05, 0.1) is 10.9 Å². The van der Waals surface area contributed by atoms with Crippen LogP contribution in [0.5, 0.6) is 5.75 Å². The zero-order chi connectivity index (χ0) is 24.1. The first-order valence-electron chi connectivity index (χ1n) is 10.2. The molecule has 1 saturated carbocycles. The number of carboxylic acids is 1. The van der Waals surface area contributed by atoms with Gasteiger partial charge in [0, 0.05) is 31.9 Å². The molecule has 12 heteroatoms. The van der Waals surface area contributed by atoms with Crippen molar-refractivity contribution in [3.8, 4) is 5.75 Å². The molecule has 33 heavy (non-hydrogen) atoms. The fraction of sp³-hybridized carbons (Fsp3) is 0.429. The number of halogens is 5. The number of hydrogen-bond donors (Lipinski definition) is 2. The summed E-state index contributed by atoms with van der Waals surface area (Å²) in [5, 5.41) is 8.82. The minimum Gasteiger partial charge on any atom is -0.477 e. The number of anilines is 1.